The third-order valence-electron chi connectivity index (χ3n) is 3.42. The van der Waals surface area contributed by atoms with E-state index in [1.807, 2.05) is 19.1 Å². The molecule has 0 fully saturated rings. The van der Waals surface area contributed by atoms with Crippen LogP contribution in [0, 0.1) is 6.92 Å². The van der Waals surface area contributed by atoms with E-state index < -0.39 is 0 Å². The summed E-state index contributed by atoms with van der Waals surface area (Å²) in [7, 11) is 0. The predicted octanol–water partition coefficient (Wildman–Crippen LogP) is 3.05. The Morgan fingerprint density at radius 2 is 2.20 bits per heavy atom. The molecule has 6 heteroatoms. The number of benzene rings is 1. The van der Waals surface area contributed by atoms with Crippen LogP contribution in [0.4, 0.5) is 9.93 Å². The van der Waals surface area contributed by atoms with Gasteiger partial charge >= 0.3 is 6.03 Å². The Morgan fingerprint density at radius 1 is 1.35 bits per heavy atom. The minimum absolute atomic E-state index is 0.0777. The molecule has 5 nitrogen and oxygen atoms in total. The van der Waals surface area contributed by atoms with Crippen molar-refractivity contribution in [2.24, 2.45) is 0 Å². The molecule has 1 atom stereocenters. The Balaban J connectivity index is 1.68. The molecule has 104 valence electrons. The van der Waals surface area contributed by atoms with Gasteiger partial charge in [0.15, 0.2) is 0 Å². The van der Waals surface area contributed by atoms with Crippen molar-refractivity contribution < 1.29 is 4.79 Å². The van der Waals surface area contributed by atoms with Gasteiger partial charge in [0, 0.05) is 0 Å². The fourth-order valence-corrected chi connectivity index (χ4v) is 3.13. The molecule has 1 aromatic carbocycles. The van der Waals surface area contributed by atoms with Crippen molar-refractivity contribution in [2.45, 2.75) is 32.2 Å². The van der Waals surface area contributed by atoms with E-state index in [9.17, 15) is 4.79 Å². The minimum atomic E-state index is -0.220. The van der Waals surface area contributed by atoms with Crippen molar-refractivity contribution in [1.82, 2.24) is 15.5 Å². The number of nitrogens with zero attached hydrogens (tertiary/aromatic N) is 2. The summed E-state index contributed by atoms with van der Waals surface area (Å²) in [5, 5.41) is 14.9. The van der Waals surface area contributed by atoms with Crippen molar-refractivity contribution in [1.29, 1.82) is 0 Å². The van der Waals surface area contributed by atoms with Gasteiger partial charge in [0.05, 0.1) is 6.04 Å². The number of aromatic nitrogens is 2. The van der Waals surface area contributed by atoms with Crippen LogP contribution in [-0.2, 0) is 6.42 Å². The average Bonchev–Trinajstić information content (AvgIpc) is 2.84. The van der Waals surface area contributed by atoms with Gasteiger partial charge in [-0.15, -0.1) is 10.2 Å². The van der Waals surface area contributed by atoms with Crippen LogP contribution in [0.5, 0.6) is 0 Å². The van der Waals surface area contributed by atoms with Gasteiger partial charge in [-0.3, -0.25) is 5.32 Å². The highest BCUT2D eigenvalue weighted by molar-refractivity contribution is 7.15. The third-order valence-corrected chi connectivity index (χ3v) is 4.18. The first kappa shape index (κ1) is 13.1. The molecule has 0 saturated heterocycles. The van der Waals surface area contributed by atoms with Gasteiger partial charge in [-0.25, -0.2) is 4.79 Å². The average molecular weight is 288 g/mol. The molecule has 1 aliphatic carbocycles. The van der Waals surface area contributed by atoms with Gasteiger partial charge < -0.3 is 5.32 Å². The summed E-state index contributed by atoms with van der Waals surface area (Å²) in [5.74, 6) is 0. The maximum atomic E-state index is 12.0. The van der Waals surface area contributed by atoms with Crippen molar-refractivity contribution in [3.63, 3.8) is 0 Å². The van der Waals surface area contributed by atoms with Crippen LogP contribution in [0.2, 0.25) is 0 Å². The van der Waals surface area contributed by atoms with Gasteiger partial charge in [-0.2, -0.15) is 0 Å². The smallest absolute Gasteiger partial charge is 0.321 e. The summed E-state index contributed by atoms with van der Waals surface area (Å²) in [5.41, 5.74) is 2.55. The Labute approximate surface area is 121 Å². The first-order chi connectivity index (χ1) is 9.72. The zero-order valence-corrected chi connectivity index (χ0v) is 12.0. The molecule has 2 amide bonds. The monoisotopic (exact) mass is 288 g/mol. The van der Waals surface area contributed by atoms with Crippen molar-refractivity contribution >= 4 is 22.5 Å². The highest BCUT2D eigenvalue weighted by Gasteiger charge is 2.21. The molecule has 1 heterocycles. The largest absolute Gasteiger partial charge is 0.331 e. The summed E-state index contributed by atoms with van der Waals surface area (Å²) in [4.78, 5) is 12.0. The number of urea groups is 1. The van der Waals surface area contributed by atoms with Crippen molar-refractivity contribution in [3.8, 4) is 0 Å². The minimum Gasteiger partial charge on any atom is -0.331 e. The molecule has 2 aromatic rings. The van der Waals surface area contributed by atoms with Crippen LogP contribution < -0.4 is 10.6 Å². The van der Waals surface area contributed by atoms with E-state index in [0.717, 1.165) is 24.3 Å². The van der Waals surface area contributed by atoms with E-state index in [0.29, 0.717) is 5.13 Å². The number of hydrogen-bond acceptors (Lipinski definition) is 4. The van der Waals surface area contributed by atoms with E-state index in [1.54, 1.807) is 0 Å². The second-order valence-corrected chi connectivity index (χ2v) is 6.05. The SMILES string of the molecule is Cc1nnc(NC(=O)N[C@@H]2CCCc3ccccc32)s1. The van der Waals surface area contributed by atoms with Gasteiger partial charge in [0.25, 0.3) is 0 Å². The number of carbonyl (C=O) groups is 1. The van der Waals surface area contributed by atoms with Crippen molar-refractivity contribution in [2.75, 3.05) is 5.32 Å². The van der Waals surface area contributed by atoms with Crippen LogP contribution >= 0.6 is 11.3 Å². The van der Waals surface area contributed by atoms with Gasteiger partial charge in [-0.05, 0) is 37.3 Å². The molecule has 0 saturated carbocycles. The molecule has 20 heavy (non-hydrogen) atoms. The molecule has 1 aliphatic rings. The van der Waals surface area contributed by atoms with Crippen LogP contribution in [0.15, 0.2) is 24.3 Å². The highest BCUT2D eigenvalue weighted by Crippen LogP contribution is 2.29. The number of hydrogen-bond donors (Lipinski definition) is 2. The molecule has 3 rings (SSSR count). The number of rotatable bonds is 2. The summed E-state index contributed by atoms with van der Waals surface area (Å²) in [6.45, 7) is 1.86. The molecular weight excluding hydrogens is 272 g/mol. The normalized spacial score (nSPS) is 17.4. The van der Waals surface area contributed by atoms with E-state index in [1.165, 1.54) is 22.5 Å². The summed E-state index contributed by atoms with van der Waals surface area (Å²) in [6.07, 6.45) is 3.16. The number of amides is 2. The molecule has 0 spiro atoms. The molecule has 0 unspecified atom stereocenters. The first-order valence-corrected chi connectivity index (χ1v) is 7.49. The predicted molar refractivity (Wildman–Crippen MR) is 78.9 cm³/mol. The zero-order chi connectivity index (χ0) is 13.9. The fraction of sp³-hybridized carbons (Fsp3) is 0.357. The number of anilines is 1. The molecule has 0 bridgehead atoms. The number of fused-ring (bicyclic) bond motifs is 1. The van der Waals surface area contributed by atoms with Gasteiger partial charge in [0.2, 0.25) is 5.13 Å². The number of nitrogens with one attached hydrogen (secondary N) is 2. The van der Waals surface area contributed by atoms with E-state index in [2.05, 4.69) is 33.0 Å². The fourth-order valence-electron chi connectivity index (χ4n) is 2.54. The first-order valence-electron chi connectivity index (χ1n) is 6.68. The standard InChI is InChI=1S/C14H16N4OS/c1-9-17-18-14(20-9)16-13(19)15-12-8-4-6-10-5-2-3-7-11(10)12/h2-3,5,7,12H,4,6,8H2,1H3,(H2,15,16,18,19)/t12-/m1/s1. The lowest BCUT2D eigenvalue weighted by molar-refractivity contribution is 0.247. The third kappa shape index (κ3) is 2.80. The lowest BCUT2D eigenvalue weighted by Crippen LogP contribution is -2.34. The maximum Gasteiger partial charge on any atom is 0.321 e. The maximum absolute atomic E-state index is 12.0. The lowest BCUT2D eigenvalue weighted by atomic mass is 9.88. The van der Waals surface area contributed by atoms with E-state index >= 15 is 0 Å². The second-order valence-electron chi connectivity index (χ2n) is 4.87. The molecule has 0 aliphatic heterocycles. The second kappa shape index (κ2) is 5.58. The Morgan fingerprint density at radius 3 is 3.00 bits per heavy atom. The Hall–Kier alpha value is -1.95. The van der Waals surface area contributed by atoms with Crippen LogP contribution in [0.1, 0.15) is 35.0 Å². The summed E-state index contributed by atoms with van der Waals surface area (Å²) < 4.78 is 0. The summed E-state index contributed by atoms with van der Waals surface area (Å²) >= 11 is 1.37. The molecule has 1 aromatic heterocycles. The molecule has 2 N–H and O–H groups in total. The highest BCUT2D eigenvalue weighted by atomic mass is 32.1. The summed E-state index contributed by atoms with van der Waals surface area (Å²) in [6, 6.07) is 8.15. The Kier molecular flexibility index (Phi) is 3.64. The van der Waals surface area contributed by atoms with Gasteiger partial charge in [0.1, 0.15) is 5.01 Å². The van der Waals surface area contributed by atoms with E-state index in [4.69, 9.17) is 0 Å². The topological polar surface area (TPSA) is 66.9 Å². The number of carbonyl (C=O) groups excluding carboxylic acids is 1. The quantitative estimate of drug-likeness (QED) is 0.892. The number of aryl methyl sites for hydroxylation is 2. The lowest BCUT2D eigenvalue weighted by Gasteiger charge is -2.26. The molecule has 0 radical (unpaired) electrons. The molecular formula is C14H16N4OS. The Bertz CT molecular complexity index is 625. The van der Waals surface area contributed by atoms with E-state index in [-0.39, 0.29) is 12.1 Å². The van der Waals surface area contributed by atoms with Crippen LogP contribution in [-0.4, -0.2) is 16.2 Å². The van der Waals surface area contributed by atoms with Crippen molar-refractivity contribution in [3.05, 3.63) is 40.4 Å². The van der Waals surface area contributed by atoms with Crippen LogP contribution in [0.3, 0.4) is 0 Å². The zero-order valence-electron chi connectivity index (χ0n) is 11.2. The van der Waals surface area contributed by atoms with Crippen LogP contribution in [0.25, 0.3) is 0 Å². The van der Waals surface area contributed by atoms with Gasteiger partial charge in [-0.1, -0.05) is 35.6 Å².